The number of amides is 6. The van der Waals surface area contributed by atoms with E-state index in [0.29, 0.717) is 47.1 Å². The highest BCUT2D eigenvalue weighted by Crippen LogP contribution is 2.34. The maximum Gasteiger partial charge on any atom is 0.276 e. The third-order valence-electron chi connectivity index (χ3n) is 11.3. The second-order valence-corrected chi connectivity index (χ2v) is 23.1. The van der Waals surface area contributed by atoms with E-state index in [9.17, 15) is 72.0 Å². The lowest BCUT2D eigenvalue weighted by molar-refractivity contribution is -0.131. The number of rotatable bonds is 17. The molecule has 4 aromatic carbocycles. The number of unbranched alkanes of at least 4 members (excludes halogenated alkanes) is 5. The van der Waals surface area contributed by atoms with Crippen molar-refractivity contribution in [2.45, 2.75) is 76.2 Å². The van der Waals surface area contributed by atoms with Gasteiger partial charge in [0.2, 0.25) is 11.8 Å². The minimum Gasteiger partial charge on any atom is -0.371 e. The zero-order valence-electron chi connectivity index (χ0n) is 36.6. The van der Waals surface area contributed by atoms with Crippen molar-refractivity contribution in [1.82, 2.24) is 12.9 Å². The topological polar surface area (TPSA) is 301 Å². The molecule has 6 amide bonds. The Morgan fingerprint density at radius 1 is 0.414 bits per heavy atom. The summed E-state index contributed by atoms with van der Waals surface area (Å²) in [5, 5.41) is -1.87. The van der Waals surface area contributed by atoms with E-state index in [1.807, 2.05) is 0 Å². The van der Waals surface area contributed by atoms with E-state index >= 15 is 0 Å². The number of sulfonamides is 3. The molecule has 4 heterocycles. The number of hydrogen-bond donors (Lipinski definition) is 0. The molecule has 0 spiro atoms. The molecule has 4 aromatic rings. The zero-order chi connectivity index (χ0) is 50.8. The van der Waals surface area contributed by atoms with Gasteiger partial charge in [-0.1, -0.05) is 80.3 Å². The van der Waals surface area contributed by atoms with Crippen LogP contribution in [0.2, 0.25) is 0 Å². The Kier molecular flexibility index (Phi) is 14.9. The molecule has 0 aliphatic carbocycles. The fourth-order valence-corrected chi connectivity index (χ4v) is 14.4. The second kappa shape index (κ2) is 20.4. The fourth-order valence-electron chi connectivity index (χ4n) is 7.99. The minimum absolute atomic E-state index is 0.00675. The highest BCUT2D eigenvalue weighted by molar-refractivity contribution is 7.94. The van der Waals surface area contributed by atoms with E-state index < -0.39 is 105 Å². The Morgan fingerprint density at radius 3 is 1.13 bits per heavy atom. The SMILES string of the molecule is O=C(CCCCCCCCC(=O)N1C(=O)c2ccccc2S1(=O)=O)N1C(=O)c2ccccc2S1(=O)=O.O=C(COCCOCC(=O)N1C(=O)c2ccccc2S1(=O)=O)C1C(=O)c2ccccc2S1(=O)=O. The molecule has 0 fully saturated rings. The predicted molar refractivity (Wildman–Crippen MR) is 240 cm³/mol. The van der Waals surface area contributed by atoms with Gasteiger partial charge in [-0.15, -0.1) is 0 Å². The van der Waals surface area contributed by atoms with Gasteiger partial charge in [-0.25, -0.2) is 33.7 Å². The Hall–Kier alpha value is -6.64. The number of nitrogens with zero attached hydrogens (tertiary/aromatic N) is 3. The molecule has 368 valence electrons. The van der Waals surface area contributed by atoms with Crippen LogP contribution in [-0.4, -0.2) is 125 Å². The van der Waals surface area contributed by atoms with Crippen LogP contribution in [0.5, 0.6) is 0 Å². The number of imide groups is 3. The largest absolute Gasteiger partial charge is 0.371 e. The summed E-state index contributed by atoms with van der Waals surface area (Å²) in [6, 6.07) is 22.3. The van der Waals surface area contributed by atoms with Crippen LogP contribution in [0.1, 0.15) is 92.8 Å². The monoisotopic (exact) mass is 1040 g/mol. The molecule has 4 aliphatic rings. The van der Waals surface area contributed by atoms with E-state index in [4.69, 9.17) is 9.47 Å². The molecule has 0 aromatic heterocycles. The predicted octanol–water partition coefficient (Wildman–Crippen LogP) is 2.85. The van der Waals surface area contributed by atoms with Crippen LogP contribution < -0.4 is 0 Å². The molecule has 21 nitrogen and oxygen atoms in total. The number of sulfone groups is 1. The quantitative estimate of drug-likeness (QED) is 0.108. The summed E-state index contributed by atoms with van der Waals surface area (Å²) in [5.41, 5.74) is -0.173. The van der Waals surface area contributed by atoms with Gasteiger partial charge in [-0.3, -0.25) is 38.4 Å². The van der Waals surface area contributed by atoms with Crippen LogP contribution in [0.4, 0.5) is 0 Å². The number of ketones is 2. The maximum absolute atomic E-state index is 12.5. The van der Waals surface area contributed by atoms with Gasteiger partial charge in [0.15, 0.2) is 26.7 Å². The smallest absolute Gasteiger partial charge is 0.276 e. The zero-order valence-corrected chi connectivity index (χ0v) is 39.9. The van der Waals surface area contributed by atoms with Crippen LogP contribution in [0.3, 0.4) is 0 Å². The molecule has 0 N–H and O–H groups in total. The average molecular weight is 1040 g/mol. The first kappa shape index (κ1) is 51.2. The third kappa shape index (κ3) is 9.51. The lowest BCUT2D eigenvalue weighted by Gasteiger charge is -2.13. The number of Topliss-reactive ketones (excluding diaryl/α,β-unsaturated/α-hetero) is 2. The van der Waals surface area contributed by atoms with Crippen molar-refractivity contribution < 1.29 is 81.5 Å². The number of hydrogen-bond acceptors (Lipinski definition) is 18. The van der Waals surface area contributed by atoms with Crippen molar-refractivity contribution in [2.24, 2.45) is 0 Å². The van der Waals surface area contributed by atoms with Crippen LogP contribution in [0, 0.1) is 0 Å². The van der Waals surface area contributed by atoms with Gasteiger partial charge < -0.3 is 9.47 Å². The summed E-state index contributed by atoms with van der Waals surface area (Å²) in [7, 11) is -16.8. The standard InChI is InChI=1S/C24H24N2O8S2.C21H17NO10S2/c27-21(25-23(29)17-11-7-9-13-19(17)35(25,31)32)15-5-3-1-2-4-6-16-22(28)26-24(30)18-12-8-10-14-20(18)36(26,33)34;23-15(20-19(25)13-5-1-3-7-16(13)33(20,27)28)11-31-9-10-32-12-18(24)22-21(26)14-6-2-4-8-17(14)34(22,29)30/h7-14H,1-6,15-16H2;1-8,20H,9-12H2. The van der Waals surface area contributed by atoms with Crippen molar-refractivity contribution in [1.29, 1.82) is 0 Å². The van der Waals surface area contributed by atoms with Gasteiger partial charge in [0.1, 0.15) is 27.9 Å². The van der Waals surface area contributed by atoms with Gasteiger partial charge in [0.25, 0.3) is 53.7 Å². The number of benzene rings is 4. The van der Waals surface area contributed by atoms with Crippen molar-refractivity contribution in [2.75, 3.05) is 26.4 Å². The molecule has 70 heavy (non-hydrogen) atoms. The molecular formula is C45H41N3O18S4. The third-order valence-corrected chi connectivity index (χ3v) is 18.7. The van der Waals surface area contributed by atoms with E-state index in [0.717, 1.165) is 0 Å². The van der Waals surface area contributed by atoms with Gasteiger partial charge in [-0.05, 0) is 55.3 Å². The molecule has 0 saturated carbocycles. The normalized spacial score (nSPS) is 18.4. The Morgan fingerprint density at radius 2 is 0.743 bits per heavy atom. The number of carbonyl (C=O) groups excluding carboxylic acids is 8. The van der Waals surface area contributed by atoms with Gasteiger partial charge in [0.05, 0.1) is 34.8 Å². The summed E-state index contributed by atoms with van der Waals surface area (Å²) in [6.07, 6.45) is 3.24. The van der Waals surface area contributed by atoms with E-state index in [2.05, 4.69) is 0 Å². The summed E-state index contributed by atoms with van der Waals surface area (Å²) >= 11 is 0. The Labute approximate surface area is 401 Å². The van der Waals surface area contributed by atoms with Crippen molar-refractivity contribution in [3.8, 4) is 0 Å². The van der Waals surface area contributed by atoms with E-state index in [1.165, 1.54) is 97.1 Å². The maximum atomic E-state index is 12.5. The molecule has 25 heteroatoms. The van der Waals surface area contributed by atoms with Crippen LogP contribution in [-0.2, 0) is 68.6 Å². The fraction of sp³-hybridized carbons (Fsp3) is 0.289. The minimum atomic E-state index is -4.31. The average Bonchev–Trinajstić information content (AvgIpc) is 3.85. The molecular weight excluding hydrogens is 999 g/mol. The van der Waals surface area contributed by atoms with E-state index in [1.54, 1.807) is 0 Å². The van der Waals surface area contributed by atoms with E-state index in [-0.39, 0.29) is 72.2 Å². The van der Waals surface area contributed by atoms with Gasteiger partial charge in [-0.2, -0.15) is 12.9 Å². The highest BCUT2D eigenvalue weighted by atomic mass is 32.2. The van der Waals surface area contributed by atoms with Gasteiger partial charge in [0, 0.05) is 18.4 Å². The Bertz CT molecular complexity index is 3110. The van der Waals surface area contributed by atoms with Crippen molar-refractivity contribution in [3.63, 3.8) is 0 Å². The van der Waals surface area contributed by atoms with Crippen molar-refractivity contribution in [3.05, 3.63) is 119 Å². The second-order valence-electron chi connectivity index (χ2n) is 15.9. The number of ether oxygens (including phenoxy) is 2. The van der Waals surface area contributed by atoms with Crippen LogP contribution in [0.15, 0.2) is 117 Å². The Balaban J connectivity index is 0.000000207. The highest BCUT2D eigenvalue weighted by Gasteiger charge is 2.49. The lowest BCUT2D eigenvalue weighted by Crippen LogP contribution is -2.39. The molecule has 8 rings (SSSR count). The molecule has 1 atom stereocenters. The number of fused-ring (bicyclic) bond motifs is 4. The number of carbonyl (C=O) groups is 8. The van der Waals surface area contributed by atoms with Gasteiger partial charge >= 0.3 is 0 Å². The molecule has 0 bridgehead atoms. The molecule has 1 unspecified atom stereocenters. The molecule has 0 saturated heterocycles. The first-order chi connectivity index (χ1) is 33.2. The summed E-state index contributed by atoms with van der Waals surface area (Å²) in [5.74, 6) is -7.03. The summed E-state index contributed by atoms with van der Waals surface area (Å²) in [6.45, 7) is -1.95. The molecule has 4 aliphatic heterocycles. The van der Waals surface area contributed by atoms with Crippen LogP contribution in [0.25, 0.3) is 0 Å². The van der Waals surface area contributed by atoms with Crippen molar-refractivity contribution >= 4 is 86.9 Å². The summed E-state index contributed by atoms with van der Waals surface area (Å²) in [4.78, 5) is 98.1. The summed E-state index contributed by atoms with van der Waals surface area (Å²) < 4.78 is 111. The van der Waals surface area contributed by atoms with Crippen LogP contribution >= 0.6 is 0 Å². The lowest BCUT2D eigenvalue weighted by atomic mass is 10.1. The molecule has 0 radical (unpaired) electrons. The first-order valence-corrected chi connectivity index (χ1v) is 27.2. The first-order valence-electron chi connectivity index (χ1n) is 21.4.